The lowest BCUT2D eigenvalue weighted by Crippen LogP contribution is -2.12. The fourth-order valence-electron chi connectivity index (χ4n) is 3.62. The molecule has 4 aromatic rings. The first kappa shape index (κ1) is 22.7. The van der Waals surface area contributed by atoms with Crippen molar-refractivity contribution in [1.82, 2.24) is 0 Å². The molecule has 1 amide bonds. The van der Waals surface area contributed by atoms with E-state index in [1.165, 1.54) is 27.4 Å². The van der Waals surface area contributed by atoms with Gasteiger partial charge in [0.15, 0.2) is 16.9 Å². The Kier molecular flexibility index (Phi) is 6.40. The summed E-state index contributed by atoms with van der Waals surface area (Å²) in [7, 11) is 5.96. The summed E-state index contributed by atoms with van der Waals surface area (Å²) < 4.78 is 27.3. The van der Waals surface area contributed by atoms with Crippen LogP contribution in [0.4, 0.5) is 5.69 Å². The Bertz CT molecular complexity index is 1410. The third-order valence-electron chi connectivity index (χ3n) is 5.28. The Hall–Kier alpha value is -4.46. The lowest BCUT2D eigenvalue weighted by Gasteiger charge is -2.14. The van der Waals surface area contributed by atoms with Gasteiger partial charge >= 0.3 is 0 Å². The van der Waals surface area contributed by atoms with E-state index in [4.69, 9.17) is 23.4 Å². The normalized spacial score (nSPS) is 10.6. The van der Waals surface area contributed by atoms with E-state index in [9.17, 15) is 9.59 Å². The van der Waals surface area contributed by atoms with Crippen LogP contribution in [0.2, 0.25) is 0 Å². The molecule has 0 spiro atoms. The Balaban J connectivity index is 1.72. The largest absolute Gasteiger partial charge is 0.497 e. The molecule has 8 heteroatoms. The zero-order valence-corrected chi connectivity index (χ0v) is 19.1. The highest BCUT2D eigenvalue weighted by molar-refractivity contribution is 6.05. The Morgan fingerprint density at radius 1 is 0.824 bits per heavy atom. The molecule has 1 aromatic heterocycles. The Morgan fingerprint density at radius 3 is 2.21 bits per heavy atom. The number of rotatable bonds is 7. The van der Waals surface area contributed by atoms with Gasteiger partial charge in [0.25, 0.3) is 5.91 Å². The lowest BCUT2D eigenvalue weighted by atomic mass is 10.1. The number of benzene rings is 3. The average molecular weight is 461 g/mol. The minimum absolute atomic E-state index is 0.227. The van der Waals surface area contributed by atoms with E-state index in [0.717, 1.165) is 0 Å². The second-order valence-electron chi connectivity index (χ2n) is 7.26. The molecule has 0 bridgehead atoms. The van der Waals surface area contributed by atoms with Crippen LogP contribution < -0.4 is 29.7 Å². The number of hydrogen-bond donors (Lipinski definition) is 1. The third-order valence-corrected chi connectivity index (χ3v) is 5.28. The van der Waals surface area contributed by atoms with Crippen molar-refractivity contribution in [3.63, 3.8) is 0 Å². The van der Waals surface area contributed by atoms with Crippen LogP contribution in [0.1, 0.15) is 10.4 Å². The number of nitrogens with one attached hydrogen (secondary N) is 1. The fourth-order valence-corrected chi connectivity index (χ4v) is 3.62. The minimum Gasteiger partial charge on any atom is -0.497 e. The van der Waals surface area contributed by atoms with Crippen LogP contribution in [-0.4, -0.2) is 34.3 Å². The Morgan fingerprint density at radius 2 is 1.56 bits per heavy atom. The number of amides is 1. The van der Waals surface area contributed by atoms with E-state index in [1.54, 1.807) is 61.7 Å². The third kappa shape index (κ3) is 4.25. The molecule has 1 heterocycles. The summed E-state index contributed by atoms with van der Waals surface area (Å²) >= 11 is 0. The van der Waals surface area contributed by atoms with Crippen molar-refractivity contribution in [2.24, 2.45) is 0 Å². The number of carbonyl (C=O) groups excluding carboxylic acids is 1. The first-order valence-electron chi connectivity index (χ1n) is 10.3. The van der Waals surface area contributed by atoms with Crippen LogP contribution in [0.15, 0.2) is 69.9 Å². The molecule has 34 heavy (non-hydrogen) atoms. The summed E-state index contributed by atoms with van der Waals surface area (Å²) in [5.74, 6) is 1.57. The lowest BCUT2D eigenvalue weighted by molar-refractivity contribution is 0.102. The summed E-state index contributed by atoms with van der Waals surface area (Å²) in [5, 5.41) is 3.07. The van der Waals surface area contributed by atoms with Gasteiger partial charge in [-0.05, 0) is 36.4 Å². The fraction of sp³-hybridized carbons (Fsp3) is 0.154. The number of ether oxygens (including phenoxy) is 4. The number of methoxy groups -OCH3 is 4. The maximum Gasteiger partial charge on any atom is 0.255 e. The quantitative estimate of drug-likeness (QED) is 0.424. The summed E-state index contributed by atoms with van der Waals surface area (Å²) in [4.78, 5) is 25.8. The van der Waals surface area contributed by atoms with Gasteiger partial charge < -0.3 is 28.7 Å². The molecule has 1 N–H and O–H groups in total. The molecule has 0 aliphatic carbocycles. The molecule has 8 nitrogen and oxygen atoms in total. The molecule has 0 saturated carbocycles. The monoisotopic (exact) mass is 461 g/mol. The van der Waals surface area contributed by atoms with Crippen LogP contribution in [0.25, 0.3) is 22.3 Å². The van der Waals surface area contributed by atoms with E-state index in [1.807, 2.05) is 0 Å². The number of hydrogen-bond acceptors (Lipinski definition) is 7. The van der Waals surface area contributed by atoms with Crippen molar-refractivity contribution in [2.75, 3.05) is 33.8 Å². The molecule has 0 aliphatic rings. The summed E-state index contributed by atoms with van der Waals surface area (Å²) in [6.07, 6.45) is 0. The molecule has 0 fully saturated rings. The van der Waals surface area contributed by atoms with Gasteiger partial charge in [-0.1, -0.05) is 12.1 Å². The highest BCUT2D eigenvalue weighted by Gasteiger charge is 2.21. The molecule has 4 rings (SSSR count). The van der Waals surface area contributed by atoms with Gasteiger partial charge in [0.2, 0.25) is 5.75 Å². The van der Waals surface area contributed by atoms with Crippen LogP contribution in [0.5, 0.6) is 23.0 Å². The van der Waals surface area contributed by atoms with Gasteiger partial charge in [-0.15, -0.1) is 0 Å². The van der Waals surface area contributed by atoms with Crippen molar-refractivity contribution in [3.05, 3.63) is 76.5 Å². The highest BCUT2D eigenvalue weighted by atomic mass is 16.5. The maximum absolute atomic E-state index is 13.0. The van der Waals surface area contributed by atoms with Gasteiger partial charge in [0.1, 0.15) is 22.5 Å². The standard InChI is InChI=1S/C26H23NO7/c1-30-18-10-8-17(9-11-18)27-26(29)16-7-5-6-15(12-16)20-13-19(28)23-21(34-20)14-22(31-2)24(32-3)25(23)33-4/h5-14H,1-4H3,(H,27,29). The van der Waals surface area contributed by atoms with Gasteiger partial charge in [-0.2, -0.15) is 0 Å². The number of fused-ring (bicyclic) bond motifs is 1. The van der Waals surface area contributed by atoms with Gasteiger partial charge in [-0.3, -0.25) is 9.59 Å². The van der Waals surface area contributed by atoms with Crippen molar-refractivity contribution in [2.45, 2.75) is 0 Å². The zero-order valence-electron chi connectivity index (χ0n) is 19.1. The minimum atomic E-state index is -0.317. The average Bonchev–Trinajstić information content (AvgIpc) is 2.87. The van der Waals surface area contributed by atoms with E-state index < -0.39 is 0 Å². The summed E-state index contributed by atoms with van der Waals surface area (Å²) in [6.45, 7) is 0. The highest BCUT2D eigenvalue weighted by Crippen LogP contribution is 2.42. The summed E-state index contributed by atoms with van der Waals surface area (Å²) in [6, 6.07) is 16.7. The topological polar surface area (TPSA) is 96.2 Å². The Labute approximate surface area is 195 Å². The van der Waals surface area contributed by atoms with Gasteiger partial charge in [-0.25, -0.2) is 0 Å². The van der Waals surface area contributed by atoms with Crippen LogP contribution in [0.3, 0.4) is 0 Å². The molecule has 174 valence electrons. The maximum atomic E-state index is 13.0. The van der Waals surface area contributed by atoms with Gasteiger partial charge in [0.05, 0.1) is 28.4 Å². The first-order chi connectivity index (χ1) is 16.5. The van der Waals surface area contributed by atoms with E-state index >= 15 is 0 Å². The molecule has 0 radical (unpaired) electrons. The molecule has 0 atom stereocenters. The predicted molar refractivity (Wildman–Crippen MR) is 129 cm³/mol. The van der Waals surface area contributed by atoms with E-state index in [2.05, 4.69) is 5.32 Å². The SMILES string of the molecule is COc1ccc(NC(=O)c2cccc(-c3cc(=O)c4c(OC)c(OC)c(OC)cc4o3)c2)cc1. The number of carbonyl (C=O) groups is 1. The molecule has 0 unspecified atom stereocenters. The van der Waals surface area contributed by atoms with Crippen LogP contribution in [0, 0.1) is 0 Å². The second-order valence-corrected chi connectivity index (χ2v) is 7.26. The first-order valence-corrected chi connectivity index (χ1v) is 10.3. The van der Waals surface area contributed by atoms with E-state index in [-0.39, 0.29) is 28.1 Å². The van der Waals surface area contributed by atoms with Crippen molar-refractivity contribution in [1.29, 1.82) is 0 Å². The second kappa shape index (κ2) is 9.58. The van der Waals surface area contributed by atoms with Crippen LogP contribution in [-0.2, 0) is 0 Å². The molecule has 0 saturated heterocycles. The predicted octanol–water partition coefficient (Wildman–Crippen LogP) is 4.75. The molecule has 3 aromatic carbocycles. The molecular formula is C26H23NO7. The van der Waals surface area contributed by atoms with Crippen LogP contribution >= 0.6 is 0 Å². The van der Waals surface area contributed by atoms with Crippen molar-refractivity contribution in [3.8, 4) is 34.3 Å². The summed E-state index contributed by atoms with van der Waals surface area (Å²) in [5.41, 5.74) is 1.55. The van der Waals surface area contributed by atoms with Gasteiger partial charge in [0, 0.05) is 28.9 Å². The smallest absolute Gasteiger partial charge is 0.255 e. The van der Waals surface area contributed by atoms with Crippen molar-refractivity contribution < 1.29 is 28.2 Å². The van der Waals surface area contributed by atoms with Crippen molar-refractivity contribution >= 4 is 22.6 Å². The molecule has 0 aliphatic heterocycles. The number of anilines is 1. The zero-order chi connectivity index (χ0) is 24.2. The van der Waals surface area contributed by atoms with E-state index in [0.29, 0.717) is 39.8 Å². The molecular weight excluding hydrogens is 438 g/mol.